The maximum atomic E-state index is 11.5. The number of piperidine rings is 1. The molecule has 1 aromatic rings. The number of likely N-dealkylation sites (tertiary alicyclic amines) is 1. The minimum Gasteiger partial charge on any atom is -0.312 e. The fourth-order valence-corrected chi connectivity index (χ4v) is 4.27. The van der Waals surface area contributed by atoms with E-state index in [-0.39, 0.29) is 5.91 Å². The minimum absolute atomic E-state index is 0.258. The van der Waals surface area contributed by atoms with Crippen LogP contribution in [-0.2, 0) is 4.79 Å². The van der Waals surface area contributed by atoms with Crippen molar-refractivity contribution in [2.75, 3.05) is 24.5 Å². The number of hydrogen-bond acceptors (Lipinski definition) is 2. The predicted molar refractivity (Wildman–Crippen MR) is 119 cm³/mol. The zero-order chi connectivity index (χ0) is 20.1. The Morgan fingerprint density at radius 1 is 0.929 bits per heavy atom. The lowest BCUT2D eigenvalue weighted by atomic mass is 9.87. The molecular formula is C25H36N2O. The number of anilines is 1. The summed E-state index contributed by atoms with van der Waals surface area (Å²) in [6.45, 7) is 12.2. The summed E-state index contributed by atoms with van der Waals surface area (Å²) in [7, 11) is 0. The maximum absolute atomic E-state index is 11.5. The lowest BCUT2D eigenvalue weighted by Crippen LogP contribution is -2.47. The summed E-state index contributed by atoms with van der Waals surface area (Å²) in [6.07, 6.45) is 14.1. The lowest BCUT2D eigenvalue weighted by Gasteiger charge is -2.42. The summed E-state index contributed by atoms with van der Waals surface area (Å²) < 4.78 is 0. The standard InChI is InChI=1S/C13H21N.C12H15NO/c1-12-6-8-13(2,9-7-12)14-10-4-3-5-11-14;1-9-5-6-11(8-10(9)2)13-7-3-4-12(13)14/h6-8H,3-5,9-11H2,1-2H3;5-6,8H,3-4,7H2,1-2H3. The molecule has 3 heteroatoms. The molecule has 28 heavy (non-hydrogen) atoms. The van der Waals surface area contributed by atoms with Crippen molar-refractivity contribution >= 4 is 11.6 Å². The summed E-state index contributed by atoms with van der Waals surface area (Å²) in [4.78, 5) is 16.0. The van der Waals surface area contributed by atoms with Crippen LogP contribution >= 0.6 is 0 Å². The van der Waals surface area contributed by atoms with E-state index >= 15 is 0 Å². The zero-order valence-corrected chi connectivity index (χ0v) is 18.1. The molecule has 1 aromatic carbocycles. The number of nitrogens with zero attached hydrogens (tertiary/aromatic N) is 2. The maximum Gasteiger partial charge on any atom is 0.227 e. The van der Waals surface area contributed by atoms with Gasteiger partial charge in [0.2, 0.25) is 5.91 Å². The monoisotopic (exact) mass is 380 g/mol. The number of allylic oxidation sites excluding steroid dienone is 2. The summed E-state index contributed by atoms with van der Waals surface area (Å²) in [5.74, 6) is 0.258. The molecule has 0 aromatic heterocycles. The van der Waals surface area contributed by atoms with E-state index in [0.717, 1.165) is 18.7 Å². The SMILES string of the molecule is CC1=CCC(C)(N2CCCCC2)C=C1.Cc1ccc(N2CCCC2=O)cc1C. The first-order chi connectivity index (χ1) is 13.4. The average Bonchev–Trinajstić information content (AvgIpc) is 3.14. The van der Waals surface area contributed by atoms with Crippen molar-refractivity contribution in [3.05, 3.63) is 53.1 Å². The van der Waals surface area contributed by atoms with Crippen molar-refractivity contribution in [1.29, 1.82) is 0 Å². The van der Waals surface area contributed by atoms with Gasteiger partial charge in [0.15, 0.2) is 0 Å². The first kappa shape index (κ1) is 20.9. The molecule has 3 aliphatic rings. The van der Waals surface area contributed by atoms with Crippen molar-refractivity contribution in [1.82, 2.24) is 4.90 Å². The van der Waals surface area contributed by atoms with Crippen LogP contribution in [0, 0.1) is 13.8 Å². The van der Waals surface area contributed by atoms with Crippen LogP contribution in [0.3, 0.4) is 0 Å². The molecule has 2 aliphatic heterocycles. The highest BCUT2D eigenvalue weighted by atomic mass is 16.2. The Kier molecular flexibility index (Phi) is 6.77. The second kappa shape index (κ2) is 9.09. The van der Waals surface area contributed by atoms with Crippen LogP contribution in [0.2, 0.25) is 0 Å². The smallest absolute Gasteiger partial charge is 0.227 e. The zero-order valence-electron chi connectivity index (χ0n) is 18.1. The van der Waals surface area contributed by atoms with E-state index in [1.807, 2.05) is 11.0 Å². The van der Waals surface area contributed by atoms with Crippen molar-refractivity contribution in [2.45, 2.75) is 71.8 Å². The first-order valence-corrected chi connectivity index (χ1v) is 10.9. The number of benzene rings is 1. The van der Waals surface area contributed by atoms with Crippen LogP contribution in [0.25, 0.3) is 0 Å². The van der Waals surface area contributed by atoms with Crippen LogP contribution in [-0.4, -0.2) is 36.0 Å². The van der Waals surface area contributed by atoms with Crippen molar-refractivity contribution in [3.8, 4) is 0 Å². The lowest BCUT2D eigenvalue weighted by molar-refractivity contribution is -0.117. The van der Waals surface area contributed by atoms with E-state index in [1.165, 1.54) is 55.5 Å². The van der Waals surface area contributed by atoms with Gasteiger partial charge in [-0.25, -0.2) is 0 Å². The highest BCUT2D eigenvalue weighted by Crippen LogP contribution is 2.29. The quantitative estimate of drug-likeness (QED) is 0.670. The molecule has 152 valence electrons. The molecule has 1 atom stereocenters. The van der Waals surface area contributed by atoms with Crippen molar-refractivity contribution in [2.24, 2.45) is 0 Å². The summed E-state index contributed by atoms with van der Waals surface area (Å²) in [5.41, 5.74) is 5.30. The Morgan fingerprint density at radius 2 is 1.68 bits per heavy atom. The van der Waals surface area contributed by atoms with E-state index in [4.69, 9.17) is 0 Å². The molecule has 2 fully saturated rings. The van der Waals surface area contributed by atoms with Gasteiger partial charge in [0.25, 0.3) is 0 Å². The van der Waals surface area contributed by atoms with E-state index in [1.54, 1.807) is 0 Å². The Bertz CT molecular complexity index is 758. The number of carbonyl (C=O) groups excluding carboxylic acids is 1. The molecule has 3 nitrogen and oxygen atoms in total. The average molecular weight is 381 g/mol. The molecule has 1 amide bonds. The summed E-state index contributed by atoms with van der Waals surface area (Å²) in [5, 5.41) is 0. The van der Waals surface area contributed by atoms with E-state index in [0.29, 0.717) is 12.0 Å². The molecule has 1 aliphatic carbocycles. The van der Waals surface area contributed by atoms with Gasteiger partial charge >= 0.3 is 0 Å². The Labute approximate surface area is 171 Å². The van der Waals surface area contributed by atoms with Gasteiger partial charge in [0, 0.05) is 24.2 Å². The topological polar surface area (TPSA) is 23.6 Å². The number of hydrogen-bond donors (Lipinski definition) is 0. The molecule has 0 N–H and O–H groups in total. The Hall–Kier alpha value is -1.87. The van der Waals surface area contributed by atoms with Gasteiger partial charge in [-0.1, -0.05) is 36.3 Å². The Morgan fingerprint density at radius 3 is 2.25 bits per heavy atom. The molecule has 2 heterocycles. The minimum atomic E-state index is 0.258. The van der Waals surface area contributed by atoms with Gasteiger partial charge in [0.1, 0.15) is 0 Å². The number of amides is 1. The van der Waals surface area contributed by atoms with E-state index in [9.17, 15) is 4.79 Å². The highest BCUT2D eigenvalue weighted by Gasteiger charge is 2.30. The number of carbonyl (C=O) groups is 1. The second-order valence-electron chi connectivity index (χ2n) is 8.81. The van der Waals surface area contributed by atoms with Gasteiger partial charge in [-0.3, -0.25) is 9.69 Å². The van der Waals surface area contributed by atoms with Crippen LogP contribution in [0.5, 0.6) is 0 Å². The molecule has 0 bridgehead atoms. The van der Waals surface area contributed by atoms with Crippen molar-refractivity contribution < 1.29 is 4.79 Å². The molecule has 1 unspecified atom stereocenters. The van der Waals surface area contributed by atoms with E-state index < -0.39 is 0 Å². The predicted octanol–water partition coefficient (Wildman–Crippen LogP) is 5.57. The normalized spacial score (nSPS) is 25.4. The first-order valence-electron chi connectivity index (χ1n) is 10.9. The van der Waals surface area contributed by atoms with Gasteiger partial charge in [-0.05, 0) is 89.7 Å². The Balaban J connectivity index is 0.000000161. The van der Waals surface area contributed by atoms with Crippen LogP contribution in [0.15, 0.2) is 42.0 Å². The van der Waals surface area contributed by atoms with Gasteiger partial charge in [-0.2, -0.15) is 0 Å². The van der Waals surface area contributed by atoms with Crippen LogP contribution in [0.1, 0.15) is 63.5 Å². The summed E-state index contributed by atoms with van der Waals surface area (Å²) >= 11 is 0. The van der Waals surface area contributed by atoms with E-state index in [2.05, 4.69) is 63.0 Å². The molecule has 0 saturated carbocycles. The molecule has 4 rings (SSSR count). The summed E-state index contributed by atoms with van der Waals surface area (Å²) in [6, 6.07) is 6.21. The van der Waals surface area contributed by atoms with Gasteiger partial charge in [-0.15, -0.1) is 0 Å². The largest absolute Gasteiger partial charge is 0.312 e. The van der Waals surface area contributed by atoms with Crippen LogP contribution in [0.4, 0.5) is 5.69 Å². The fourth-order valence-electron chi connectivity index (χ4n) is 4.27. The van der Waals surface area contributed by atoms with Gasteiger partial charge in [0.05, 0.1) is 0 Å². The molecule has 2 saturated heterocycles. The molecular weight excluding hydrogens is 344 g/mol. The number of aryl methyl sites for hydroxylation is 2. The third-order valence-corrected chi connectivity index (χ3v) is 6.50. The molecule has 0 spiro atoms. The van der Waals surface area contributed by atoms with Crippen LogP contribution < -0.4 is 4.90 Å². The third kappa shape index (κ3) is 4.94. The molecule has 0 radical (unpaired) electrons. The fraction of sp³-hybridized carbons (Fsp3) is 0.560. The highest BCUT2D eigenvalue weighted by molar-refractivity contribution is 5.95. The van der Waals surface area contributed by atoms with Crippen molar-refractivity contribution in [3.63, 3.8) is 0 Å². The number of rotatable bonds is 2. The van der Waals surface area contributed by atoms with Gasteiger partial charge < -0.3 is 4.90 Å². The second-order valence-corrected chi connectivity index (χ2v) is 8.81. The third-order valence-electron chi connectivity index (χ3n) is 6.50.